The van der Waals surface area contributed by atoms with Gasteiger partial charge in [0, 0.05) is 0 Å². The van der Waals surface area contributed by atoms with Crippen molar-refractivity contribution in [3.05, 3.63) is 108 Å². The van der Waals surface area contributed by atoms with Crippen LogP contribution in [0.3, 0.4) is 0 Å². The number of hydrogen-bond acceptors (Lipinski definition) is 5. The zero-order valence-electron chi connectivity index (χ0n) is 38.1. The van der Waals surface area contributed by atoms with E-state index in [1.54, 1.807) is 0 Å². The van der Waals surface area contributed by atoms with Crippen LogP contribution in [0, 0.1) is 10.8 Å². The number of hydrogen-bond donors (Lipinski definition) is 3. The van der Waals surface area contributed by atoms with Crippen LogP contribution < -0.4 is 5.73 Å². The lowest BCUT2D eigenvalue weighted by Crippen LogP contribution is -2.21. The maximum Gasteiger partial charge on any atom is -0.00269 e. The van der Waals surface area contributed by atoms with Crippen molar-refractivity contribution in [2.24, 2.45) is 16.6 Å². The molecule has 0 spiro atoms. The van der Waals surface area contributed by atoms with Crippen molar-refractivity contribution in [3.8, 4) is 0 Å². The van der Waals surface area contributed by atoms with Gasteiger partial charge in [-0.05, 0) is 191 Å². The van der Waals surface area contributed by atoms with E-state index in [9.17, 15) is 0 Å². The fourth-order valence-electron chi connectivity index (χ4n) is 8.04. The maximum absolute atomic E-state index is 5.82. The monoisotopic (exact) mass is 868 g/mol. The first-order valence-corrected chi connectivity index (χ1v) is 26.6. The summed E-state index contributed by atoms with van der Waals surface area (Å²) in [5, 5.41) is 0. The highest BCUT2D eigenvalue weighted by Gasteiger charge is 2.29. The highest BCUT2D eigenvalue weighted by molar-refractivity contribution is 7.99. The Hall–Kier alpha value is -0.980. The molecule has 1 rings (SSSR count). The number of aryl methyl sites for hydroxylation is 2. The van der Waals surface area contributed by atoms with E-state index in [1.165, 1.54) is 120 Å². The van der Waals surface area contributed by atoms with E-state index in [-0.39, 0.29) is 0 Å². The molecule has 0 aliphatic rings. The molecular formula is C53H89NS4. The van der Waals surface area contributed by atoms with Crippen LogP contribution in [-0.4, -0.2) is 41.1 Å². The van der Waals surface area contributed by atoms with Gasteiger partial charge in [-0.25, -0.2) is 0 Å². The molecule has 2 atom stereocenters. The SMILES string of the molecule is C=C(CCC)CCC(CC)(CCC(=C)CCS)CCC(=C)CCSCCc1cccc(CCSCCC(=C)CCC(CC)(CCC(=C)CCN)CCC(=C)CCS)c1. The summed E-state index contributed by atoms with van der Waals surface area (Å²) in [4.78, 5) is 0. The first-order valence-electron chi connectivity index (χ1n) is 23.0. The van der Waals surface area contributed by atoms with E-state index in [2.05, 4.69) is 133 Å². The number of rotatable bonds is 40. The van der Waals surface area contributed by atoms with E-state index in [4.69, 9.17) is 5.73 Å². The zero-order chi connectivity index (χ0) is 43.1. The van der Waals surface area contributed by atoms with E-state index in [1.807, 2.05) is 0 Å². The summed E-state index contributed by atoms with van der Waals surface area (Å²) in [6.45, 7) is 34.2. The Balaban J connectivity index is 2.47. The van der Waals surface area contributed by atoms with Gasteiger partial charge in [0.2, 0.25) is 0 Å². The Kier molecular flexibility index (Phi) is 31.9. The molecule has 1 nitrogen and oxygen atoms in total. The molecular weight excluding hydrogens is 779 g/mol. The van der Waals surface area contributed by atoms with Crippen LogP contribution in [0.15, 0.2) is 97.2 Å². The van der Waals surface area contributed by atoms with Crippen LogP contribution in [-0.2, 0) is 12.8 Å². The second kappa shape index (κ2) is 33.6. The molecule has 0 fully saturated rings. The van der Waals surface area contributed by atoms with E-state index in [0.29, 0.717) is 17.4 Å². The van der Waals surface area contributed by atoms with Crippen molar-refractivity contribution in [2.75, 3.05) is 41.1 Å². The Labute approximate surface area is 380 Å². The van der Waals surface area contributed by atoms with Gasteiger partial charge in [-0.2, -0.15) is 48.8 Å². The highest BCUT2D eigenvalue weighted by Crippen LogP contribution is 2.43. The average Bonchev–Trinajstić information content (AvgIpc) is 3.21. The van der Waals surface area contributed by atoms with Gasteiger partial charge in [-0.1, -0.05) is 137 Å². The van der Waals surface area contributed by atoms with Crippen LogP contribution in [0.5, 0.6) is 0 Å². The van der Waals surface area contributed by atoms with Crippen molar-refractivity contribution in [1.82, 2.24) is 0 Å². The van der Waals surface area contributed by atoms with Crippen LogP contribution in [0.4, 0.5) is 0 Å². The molecule has 0 aromatic heterocycles. The van der Waals surface area contributed by atoms with E-state index in [0.717, 1.165) is 107 Å². The molecule has 1 aromatic carbocycles. The maximum atomic E-state index is 5.82. The van der Waals surface area contributed by atoms with E-state index < -0.39 is 0 Å². The lowest BCUT2D eigenvalue weighted by atomic mass is 9.71. The molecule has 0 aliphatic heterocycles. The average molecular weight is 869 g/mol. The number of allylic oxidation sites excluding steroid dienone is 5. The van der Waals surface area contributed by atoms with Crippen molar-refractivity contribution in [2.45, 2.75) is 168 Å². The molecule has 0 bridgehead atoms. The minimum absolute atomic E-state index is 0.319. The summed E-state index contributed by atoms with van der Waals surface area (Å²) in [5.41, 5.74) is 17.7. The van der Waals surface area contributed by atoms with Crippen molar-refractivity contribution in [3.63, 3.8) is 0 Å². The highest BCUT2D eigenvalue weighted by atomic mass is 32.2. The van der Waals surface area contributed by atoms with Gasteiger partial charge in [0.1, 0.15) is 0 Å². The molecule has 58 heavy (non-hydrogen) atoms. The third-order valence-corrected chi connectivity index (χ3v) is 15.3. The van der Waals surface area contributed by atoms with Crippen LogP contribution in [0.2, 0.25) is 0 Å². The molecule has 0 amide bonds. The van der Waals surface area contributed by atoms with Crippen molar-refractivity contribution in [1.29, 1.82) is 0 Å². The molecule has 0 saturated carbocycles. The van der Waals surface area contributed by atoms with Gasteiger partial charge in [0.15, 0.2) is 0 Å². The molecule has 0 saturated heterocycles. The first-order chi connectivity index (χ1) is 27.9. The largest absolute Gasteiger partial charge is 0.330 e. The Bertz CT molecular complexity index is 1200. The molecule has 5 heteroatoms. The minimum Gasteiger partial charge on any atom is -0.330 e. The lowest BCUT2D eigenvalue weighted by Gasteiger charge is -2.34. The summed E-state index contributed by atoms with van der Waals surface area (Å²) in [6.07, 6.45) is 26.3. The number of thiol groups is 2. The van der Waals surface area contributed by atoms with Gasteiger partial charge in [0.25, 0.3) is 0 Å². The molecule has 0 aliphatic carbocycles. The smallest absolute Gasteiger partial charge is 0.00269 e. The van der Waals surface area contributed by atoms with Crippen LogP contribution in [0.25, 0.3) is 0 Å². The minimum atomic E-state index is 0.319. The molecule has 2 unspecified atom stereocenters. The number of thioether (sulfide) groups is 2. The first kappa shape index (κ1) is 55.0. The summed E-state index contributed by atoms with van der Waals surface area (Å²) < 4.78 is 0. The molecule has 330 valence electrons. The number of benzene rings is 1. The van der Waals surface area contributed by atoms with E-state index >= 15 is 0 Å². The third kappa shape index (κ3) is 25.7. The Morgan fingerprint density at radius 3 is 1.17 bits per heavy atom. The van der Waals surface area contributed by atoms with Gasteiger partial charge in [-0.3, -0.25) is 0 Å². The summed E-state index contributed by atoms with van der Waals surface area (Å²) in [5.74, 6) is 6.45. The molecule has 0 heterocycles. The van der Waals surface area contributed by atoms with Gasteiger partial charge < -0.3 is 5.73 Å². The second-order valence-electron chi connectivity index (χ2n) is 17.5. The molecule has 0 radical (unpaired) electrons. The second-order valence-corrected chi connectivity index (χ2v) is 20.8. The molecule has 2 N–H and O–H groups in total. The number of nitrogens with two attached hydrogens (primary N) is 1. The summed E-state index contributed by atoms with van der Waals surface area (Å²) in [6, 6.07) is 9.32. The Morgan fingerprint density at radius 1 is 0.500 bits per heavy atom. The topological polar surface area (TPSA) is 26.0 Å². The van der Waals surface area contributed by atoms with Crippen LogP contribution in [0.1, 0.15) is 167 Å². The predicted octanol–water partition coefficient (Wildman–Crippen LogP) is 16.6. The van der Waals surface area contributed by atoms with Crippen molar-refractivity contribution < 1.29 is 0 Å². The zero-order valence-corrected chi connectivity index (χ0v) is 41.5. The summed E-state index contributed by atoms with van der Waals surface area (Å²) in [7, 11) is 0. The third-order valence-electron chi connectivity index (χ3n) is 12.8. The quantitative estimate of drug-likeness (QED) is 0.0348. The molecule has 1 aromatic rings. The lowest BCUT2D eigenvalue weighted by molar-refractivity contribution is 0.207. The van der Waals surface area contributed by atoms with Crippen molar-refractivity contribution >= 4 is 48.8 Å². The fourth-order valence-corrected chi connectivity index (χ4v) is 10.7. The predicted molar refractivity (Wildman–Crippen MR) is 279 cm³/mol. The van der Waals surface area contributed by atoms with Gasteiger partial charge in [0.05, 0.1) is 0 Å². The Morgan fingerprint density at radius 2 is 0.845 bits per heavy atom. The standard InChI is InChI=1S/C53H89NS4/c1-10-14-44(4)17-30-52(11-2,32-19-46(6)24-37-55)34-21-48(8)26-39-57-41-28-50-15-13-16-51(43-50)29-42-58-40-27-49(9)22-35-53(12-3,31-18-45(5)23-36-54)33-20-47(7)25-38-56/h13,15-16,43,55-56H,4-12,14,17-42,54H2,1-3H3. The van der Waals surface area contributed by atoms with Gasteiger partial charge in [-0.15, -0.1) is 0 Å². The van der Waals surface area contributed by atoms with Crippen LogP contribution >= 0.6 is 48.8 Å². The fraction of sp³-hybridized carbons (Fsp3) is 0.660. The van der Waals surface area contributed by atoms with Gasteiger partial charge >= 0.3 is 0 Å². The normalized spacial score (nSPS) is 13.5. The summed E-state index contributed by atoms with van der Waals surface area (Å²) >= 11 is 13.0.